The molecule has 1 aromatic carbocycles. The molecular weight excluding hydrogens is 307 g/mol. The summed E-state index contributed by atoms with van der Waals surface area (Å²) >= 11 is 3.14. The molecule has 0 spiro atoms. The second kappa shape index (κ2) is 6.37. The Morgan fingerprint density at radius 3 is 2.25 bits per heavy atom. The van der Waals surface area contributed by atoms with E-state index >= 15 is 0 Å². The molecule has 8 heteroatoms. The maximum absolute atomic E-state index is 11.6. The molecule has 1 rings (SSSR count). The molecule has 1 radical (unpaired) electrons. The molecule has 0 aliphatic rings. The van der Waals surface area contributed by atoms with E-state index in [4.69, 9.17) is 10.5 Å². The first-order valence-corrected chi connectivity index (χ1v) is 5.93. The number of benzene rings is 1. The minimum Gasteiger partial charge on any atom is -0.409 e. The van der Waals surface area contributed by atoms with Crippen molar-refractivity contribution < 1.29 is 13.6 Å². The van der Waals surface area contributed by atoms with Crippen LogP contribution in [0.25, 0.3) is 0 Å². The van der Waals surface area contributed by atoms with Gasteiger partial charge in [0.25, 0.3) is 5.04 Å². The van der Waals surface area contributed by atoms with E-state index in [0.29, 0.717) is 4.47 Å². The first-order chi connectivity index (χ1) is 7.02. The molecule has 1 aromatic rings. The van der Waals surface area contributed by atoms with E-state index in [9.17, 15) is 8.42 Å². The fourth-order valence-electron chi connectivity index (χ4n) is 0.862. The molecule has 0 aromatic heterocycles. The number of hydrogen-bond acceptors (Lipinski definition) is 5. The van der Waals surface area contributed by atoms with Crippen LogP contribution >= 0.6 is 15.9 Å². The van der Waals surface area contributed by atoms with Crippen LogP contribution in [0, 0.1) is 11.3 Å². The zero-order chi connectivity index (χ0) is 11.5. The predicted molar refractivity (Wildman–Crippen MR) is 61.9 cm³/mol. The van der Waals surface area contributed by atoms with Crippen molar-refractivity contribution >= 4 is 60.4 Å². The Labute approximate surface area is 123 Å². The minimum absolute atomic E-state index is 0. The summed E-state index contributed by atoms with van der Waals surface area (Å²) in [6.07, 6.45) is 0. The van der Waals surface area contributed by atoms with Crippen molar-refractivity contribution in [2.45, 2.75) is 4.90 Å². The molecule has 5 nitrogen and oxygen atoms in total. The number of oxime groups is 1. The van der Waals surface area contributed by atoms with Crippen LogP contribution in [-0.2, 0) is 9.84 Å². The Morgan fingerprint density at radius 1 is 1.38 bits per heavy atom. The van der Waals surface area contributed by atoms with Gasteiger partial charge in [-0.2, -0.15) is 5.26 Å². The average Bonchev–Trinajstić information content (AvgIpc) is 2.19. The van der Waals surface area contributed by atoms with Gasteiger partial charge in [-0.1, -0.05) is 21.1 Å². The third kappa shape index (κ3) is 3.30. The summed E-state index contributed by atoms with van der Waals surface area (Å²) in [5.41, 5.74) is 0. The van der Waals surface area contributed by atoms with Crippen molar-refractivity contribution in [2.24, 2.45) is 5.16 Å². The van der Waals surface area contributed by atoms with Gasteiger partial charge >= 0.3 is 0 Å². The number of rotatable bonds is 1. The molecule has 16 heavy (non-hydrogen) atoms. The molecule has 0 fully saturated rings. The Morgan fingerprint density at radius 2 is 1.88 bits per heavy atom. The van der Waals surface area contributed by atoms with Crippen molar-refractivity contribution in [1.29, 1.82) is 5.26 Å². The number of halogens is 1. The summed E-state index contributed by atoms with van der Waals surface area (Å²) in [6.45, 7) is 0. The second-order valence-corrected chi connectivity index (χ2v) is 5.25. The first-order valence-electron chi connectivity index (χ1n) is 3.65. The van der Waals surface area contributed by atoms with E-state index in [1.54, 1.807) is 0 Å². The molecule has 0 unspecified atom stereocenters. The molecular formula is C8H5BrN2NaO3S. The van der Waals surface area contributed by atoms with Crippen molar-refractivity contribution in [3.05, 3.63) is 28.7 Å². The van der Waals surface area contributed by atoms with Crippen molar-refractivity contribution in [3.63, 3.8) is 0 Å². The second-order valence-electron chi connectivity index (χ2n) is 2.47. The van der Waals surface area contributed by atoms with Crippen LogP contribution in [0.1, 0.15) is 0 Å². The molecule has 0 aliphatic carbocycles. The summed E-state index contributed by atoms with van der Waals surface area (Å²) in [6, 6.07) is 6.95. The Hall–Kier alpha value is -0.390. The minimum atomic E-state index is -4.00. The zero-order valence-electron chi connectivity index (χ0n) is 8.25. The number of hydrogen-bond donors (Lipinski definition) is 1. The van der Waals surface area contributed by atoms with Gasteiger partial charge in [-0.15, -0.1) is 0 Å². The van der Waals surface area contributed by atoms with Gasteiger partial charge in [0, 0.05) is 34.0 Å². The Bertz CT molecular complexity index is 533. The molecule has 0 atom stereocenters. The van der Waals surface area contributed by atoms with E-state index in [-0.39, 0.29) is 34.5 Å². The molecule has 0 bridgehead atoms. The van der Waals surface area contributed by atoms with E-state index in [1.165, 1.54) is 30.3 Å². The van der Waals surface area contributed by atoms with Gasteiger partial charge in [-0.3, -0.25) is 0 Å². The quantitative estimate of drug-likeness (QED) is 0.277. The summed E-state index contributed by atoms with van der Waals surface area (Å²) < 4.78 is 23.9. The average molecular weight is 312 g/mol. The maximum atomic E-state index is 11.6. The summed E-state index contributed by atoms with van der Waals surface area (Å²) in [7, 11) is -4.00. The van der Waals surface area contributed by atoms with Crippen LogP contribution in [-0.4, -0.2) is 48.2 Å². The third-order valence-corrected chi connectivity index (χ3v) is 3.67. The standard InChI is InChI=1S/C8H5BrN2O3S.Na/c9-6-1-3-7(4-2-6)15(13,14)8(5-10)11-12;/h1-4,12H;. The Kier molecular flexibility index (Phi) is 6.22. The zero-order valence-corrected chi connectivity index (χ0v) is 12.7. The number of nitriles is 1. The Balaban J connectivity index is 0.00000225. The molecule has 0 saturated carbocycles. The topological polar surface area (TPSA) is 90.5 Å². The van der Waals surface area contributed by atoms with Gasteiger partial charge in [-0.05, 0) is 24.3 Å². The van der Waals surface area contributed by atoms with Gasteiger partial charge in [0.2, 0.25) is 9.84 Å². The molecule has 0 heterocycles. The van der Waals surface area contributed by atoms with Gasteiger partial charge < -0.3 is 5.21 Å². The summed E-state index contributed by atoms with van der Waals surface area (Å²) in [4.78, 5) is -0.0972. The smallest absolute Gasteiger partial charge is 0.275 e. The van der Waals surface area contributed by atoms with Gasteiger partial charge in [-0.25, -0.2) is 8.42 Å². The first kappa shape index (κ1) is 15.6. The number of nitrogens with zero attached hydrogens (tertiary/aromatic N) is 2. The van der Waals surface area contributed by atoms with Crippen LogP contribution < -0.4 is 0 Å². The van der Waals surface area contributed by atoms with Crippen LogP contribution in [0.15, 0.2) is 38.8 Å². The molecule has 0 amide bonds. The molecule has 1 N–H and O–H groups in total. The van der Waals surface area contributed by atoms with Crippen LogP contribution in [0.3, 0.4) is 0 Å². The van der Waals surface area contributed by atoms with Gasteiger partial charge in [0.1, 0.15) is 6.07 Å². The SMILES string of the molecule is N#CC(=NO)S(=O)(=O)c1ccc(Br)cc1.[Na]. The fourth-order valence-corrected chi connectivity index (χ4v) is 2.07. The largest absolute Gasteiger partial charge is 0.409 e. The van der Waals surface area contributed by atoms with E-state index in [0.717, 1.165) is 0 Å². The van der Waals surface area contributed by atoms with E-state index in [2.05, 4.69) is 21.1 Å². The van der Waals surface area contributed by atoms with E-state index in [1.807, 2.05) is 0 Å². The van der Waals surface area contributed by atoms with Crippen LogP contribution in [0.5, 0.6) is 0 Å². The van der Waals surface area contributed by atoms with Crippen molar-refractivity contribution in [2.75, 3.05) is 0 Å². The predicted octanol–water partition coefficient (Wildman–Crippen LogP) is 1.15. The molecule has 0 saturated heterocycles. The van der Waals surface area contributed by atoms with Crippen LogP contribution in [0.4, 0.5) is 0 Å². The number of sulfone groups is 1. The molecule has 79 valence electrons. The van der Waals surface area contributed by atoms with Gasteiger partial charge in [0.05, 0.1) is 4.90 Å². The van der Waals surface area contributed by atoms with Crippen molar-refractivity contribution in [1.82, 2.24) is 0 Å². The normalized spacial score (nSPS) is 11.4. The molecule has 0 aliphatic heterocycles. The monoisotopic (exact) mass is 311 g/mol. The van der Waals surface area contributed by atoms with Gasteiger partial charge in [0.15, 0.2) is 0 Å². The third-order valence-electron chi connectivity index (χ3n) is 1.56. The van der Waals surface area contributed by atoms with Crippen LogP contribution in [0.2, 0.25) is 0 Å². The maximum Gasteiger partial charge on any atom is 0.275 e. The van der Waals surface area contributed by atoms with Crippen molar-refractivity contribution in [3.8, 4) is 6.07 Å². The summed E-state index contributed by atoms with van der Waals surface area (Å²) in [5.74, 6) is 0. The van der Waals surface area contributed by atoms with E-state index < -0.39 is 14.9 Å². The fraction of sp³-hybridized carbons (Fsp3) is 0. The summed E-state index contributed by atoms with van der Waals surface area (Å²) in [5, 5.41) is 18.3.